The highest BCUT2D eigenvalue weighted by Gasteiger charge is 2.29. The number of carbonyl (C=O) groups excluding carboxylic acids is 1. The second-order valence-corrected chi connectivity index (χ2v) is 6.80. The molecule has 6 heteroatoms. The van der Waals surface area contributed by atoms with Gasteiger partial charge in [0.2, 0.25) is 11.8 Å². The molecule has 0 aliphatic rings. The highest BCUT2D eigenvalue weighted by molar-refractivity contribution is 7.77. The molecule has 22 heavy (non-hydrogen) atoms. The largest absolute Gasteiger partial charge is 0.758 e. The summed E-state index contributed by atoms with van der Waals surface area (Å²) in [6.07, 6.45) is 5.35. The van der Waals surface area contributed by atoms with Crippen LogP contribution in [0.4, 0.5) is 0 Å². The topological polar surface area (TPSA) is 33.3 Å². The SMILES string of the molecule is C=CCN=C([S-])[C@@H](C(=O)c1ccc(Cl)s1)[n+]1cccc(C)c1. The van der Waals surface area contributed by atoms with E-state index in [1.165, 1.54) is 11.3 Å². The van der Waals surface area contributed by atoms with Crippen LogP contribution in [0, 0.1) is 6.92 Å². The second-order valence-electron chi connectivity index (χ2n) is 4.67. The zero-order chi connectivity index (χ0) is 16.1. The number of aryl methyl sites for hydroxylation is 1. The smallest absolute Gasteiger partial charge is 0.244 e. The lowest BCUT2D eigenvalue weighted by Crippen LogP contribution is -2.47. The van der Waals surface area contributed by atoms with Crippen LogP contribution in [0.5, 0.6) is 0 Å². The van der Waals surface area contributed by atoms with Gasteiger partial charge in [-0.05, 0) is 30.2 Å². The van der Waals surface area contributed by atoms with Crippen molar-refractivity contribution in [2.45, 2.75) is 13.0 Å². The van der Waals surface area contributed by atoms with E-state index in [2.05, 4.69) is 11.6 Å². The van der Waals surface area contributed by atoms with Crippen molar-refractivity contribution < 1.29 is 9.36 Å². The summed E-state index contributed by atoms with van der Waals surface area (Å²) < 4.78 is 2.37. The molecule has 0 bridgehead atoms. The molecule has 0 aliphatic carbocycles. The van der Waals surface area contributed by atoms with Gasteiger partial charge < -0.3 is 17.6 Å². The maximum absolute atomic E-state index is 12.8. The van der Waals surface area contributed by atoms with Gasteiger partial charge in [-0.3, -0.25) is 4.79 Å². The van der Waals surface area contributed by atoms with E-state index in [4.69, 9.17) is 24.2 Å². The minimum atomic E-state index is -0.649. The summed E-state index contributed by atoms with van der Waals surface area (Å²) in [6.45, 7) is 5.98. The number of hydrogen-bond acceptors (Lipinski definition) is 4. The molecule has 0 saturated heterocycles. The quantitative estimate of drug-likeness (QED) is 0.199. The Morgan fingerprint density at radius 1 is 1.55 bits per heavy atom. The van der Waals surface area contributed by atoms with E-state index in [0.717, 1.165) is 5.56 Å². The minimum Gasteiger partial charge on any atom is -0.758 e. The third-order valence-electron chi connectivity index (χ3n) is 2.94. The first kappa shape index (κ1) is 16.8. The number of halogens is 1. The highest BCUT2D eigenvalue weighted by atomic mass is 35.5. The summed E-state index contributed by atoms with van der Waals surface area (Å²) in [4.78, 5) is 17.6. The van der Waals surface area contributed by atoms with E-state index < -0.39 is 6.04 Å². The summed E-state index contributed by atoms with van der Waals surface area (Å²) in [7, 11) is 0. The van der Waals surface area contributed by atoms with Gasteiger partial charge >= 0.3 is 0 Å². The number of nitrogens with zero attached hydrogens (tertiary/aromatic N) is 2. The number of pyridine rings is 1. The first-order valence-electron chi connectivity index (χ1n) is 6.62. The predicted molar refractivity (Wildman–Crippen MR) is 93.9 cm³/mol. The summed E-state index contributed by atoms with van der Waals surface area (Å²) in [5.41, 5.74) is 1.04. The minimum absolute atomic E-state index is 0.106. The van der Waals surface area contributed by atoms with Gasteiger partial charge in [-0.25, -0.2) is 0 Å². The number of thiophene rings is 1. The standard InChI is InChI=1S/C16H15ClN2OS2/c1-3-8-18-16(21)14(19-9-4-5-11(2)10-19)15(20)12-6-7-13(17)22-12/h3-7,9-10,14H,1,8H2,2H3/t14-/m1/s1. The monoisotopic (exact) mass is 350 g/mol. The average molecular weight is 351 g/mol. The molecule has 0 N–H and O–H groups in total. The molecule has 2 aromatic rings. The Morgan fingerprint density at radius 2 is 2.32 bits per heavy atom. The summed E-state index contributed by atoms with van der Waals surface area (Å²) >= 11 is 12.5. The molecule has 0 aliphatic heterocycles. The Balaban J connectivity index is 2.45. The van der Waals surface area contributed by atoms with E-state index in [1.54, 1.807) is 22.8 Å². The van der Waals surface area contributed by atoms with Crippen molar-refractivity contribution in [1.29, 1.82) is 0 Å². The van der Waals surface area contributed by atoms with E-state index in [1.807, 2.05) is 31.5 Å². The maximum atomic E-state index is 12.8. The lowest BCUT2D eigenvalue weighted by Gasteiger charge is -2.18. The van der Waals surface area contributed by atoms with Crippen molar-refractivity contribution in [1.82, 2.24) is 0 Å². The molecule has 0 radical (unpaired) electrons. The number of aromatic nitrogens is 1. The molecule has 1 atom stereocenters. The molecular formula is C16H15ClN2OS2. The van der Waals surface area contributed by atoms with Crippen LogP contribution in [0.25, 0.3) is 0 Å². The van der Waals surface area contributed by atoms with E-state index in [9.17, 15) is 4.79 Å². The van der Waals surface area contributed by atoms with Crippen molar-refractivity contribution in [2.24, 2.45) is 4.99 Å². The van der Waals surface area contributed by atoms with Gasteiger partial charge in [-0.1, -0.05) is 17.7 Å². The van der Waals surface area contributed by atoms with E-state index in [-0.39, 0.29) is 5.78 Å². The summed E-state index contributed by atoms with van der Waals surface area (Å²) in [5.74, 6) is -0.106. The molecule has 2 heterocycles. The third-order valence-corrected chi connectivity index (χ3v) is 4.54. The fraction of sp³-hybridized carbons (Fsp3) is 0.188. The molecule has 0 fully saturated rings. The van der Waals surface area contributed by atoms with Gasteiger partial charge in [0.05, 0.1) is 15.8 Å². The van der Waals surface area contributed by atoms with Crippen molar-refractivity contribution in [2.75, 3.05) is 6.54 Å². The molecule has 0 aromatic carbocycles. The van der Waals surface area contributed by atoms with Gasteiger partial charge in [0.15, 0.2) is 12.4 Å². The molecule has 3 nitrogen and oxygen atoms in total. The van der Waals surface area contributed by atoms with Gasteiger partial charge in [-0.2, -0.15) is 4.57 Å². The predicted octanol–water partition coefficient (Wildman–Crippen LogP) is 3.55. The fourth-order valence-corrected chi connectivity index (χ4v) is 3.28. The first-order valence-corrected chi connectivity index (χ1v) is 8.22. The van der Waals surface area contributed by atoms with Crippen LogP contribution in [-0.2, 0) is 12.6 Å². The second kappa shape index (κ2) is 7.63. The molecule has 0 spiro atoms. The number of hydrogen-bond donors (Lipinski definition) is 0. The molecule has 114 valence electrons. The van der Waals surface area contributed by atoms with Crippen molar-refractivity contribution in [3.8, 4) is 0 Å². The number of aliphatic imine (C=N–C) groups is 1. The van der Waals surface area contributed by atoms with E-state index >= 15 is 0 Å². The van der Waals surface area contributed by atoms with Crippen LogP contribution in [0.15, 0.2) is 54.3 Å². The van der Waals surface area contributed by atoms with Crippen LogP contribution in [-0.4, -0.2) is 17.4 Å². The number of ketones is 1. The average Bonchev–Trinajstić information content (AvgIpc) is 2.92. The Morgan fingerprint density at radius 3 is 2.91 bits per heavy atom. The van der Waals surface area contributed by atoms with Gasteiger partial charge in [-0.15, -0.1) is 17.9 Å². The maximum Gasteiger partial charge on any atom is 0.244 e. The Bertz CT molecular complexity index is 724. The molecule has 2 rings (SSSR count). The molecular weight excluding hydrogens is 336 g/mol. The number of Topliss-reactive ketones (excluding diaryl/α,β-unsaturated/α-hetero) is 1. The summed E-state index contributed by atoms with van der Waals surface area (Å²) in [5, 5.41) is 0.338. The fourth-order valence-electron chi connectivity index (χ4n) is 1.97. The lowest BCUT2D eigenvalue weighted by atomic mass is 10.1. The van der Waals surface area contributed by atoms with Crippen molar-refractivity contribution >= 4 is 46.4 Å². The third kappa shape index (κ3) is 4.00. The Hall–Kier alpha value is -1.56. The lowest BCUT2D eigenvalue weighted by molar-refractivity contribution is -0.692. The van der Waals surface area contributed by atoms with Crippen LogP contribution >= 0.6 is 22.9 Å². The highest BCUT2D eigenvalue weighted by Crippen LogP contribution is 2.24. The Kier molecular flexibility index (Phi) is 5.83. The Labute approximate surface area is 144 Å². The molecule has 2 aromatic heterocycles. The van der Waals surface area contributed by atoms with Crippen molar-refractivity contribution in [3.63, 3.8) is 0 Å². The van der Waals surface area contributed by atoms with Crippen LogP contribution < -0.4 is 4.57 Å². The molecule has 0 saturated carbocycles. The van der Waals surface area contributed by atoms with Gasteiger partial charge in [0.25, 0.3) is 0 Å². The summed E-state index contributed by atoms with van der Waals surface area (Å²) in [6, 6.07) is 6.62. The first-order chi connectivity index (χ1) is 10.5. The zero-order valence-corrected chi connectivity index (χ0v) is 14.4. The van der Waals surface area contributed by atoms with Gasteiger partial charge in [0, 0.05) is 11.6 Å². The van der Waals surface area contributed by atoms with Crippen LogP contribution in [0.1, 0.15) is 21.3 Å². The number of carbonyl (C=O) groups is 1. The van der Waals surface area contributed by atoms with Crippen LogP contribution in [0.2, 0.25) is 4.34 Å². The van der Waals surface area contributed by atoms with Crippen molar-refractivity contribution in [3.05, 3.63) is 64.1 Å². The van der Waals surface area contributed by atoms with E-state index in [0.29, 0.717) is 20.8 Å². The number of rotatable bonds is 6. The molecule has 0 amide bonds. The zero-order valence-electron chi connectivity index (χ0n) is 12.0. The van der Waals surface area contributed by atoms with Crippen LogP contribution in [0.3, 0.4) is 0 Å². The molecule has 0 unspecified atom stereocenters. The van der Waals surface area contributed by atoms with Gasteiger partial charge in [0.1, 0.15) is 0 Å². The normalized spacial score (nSPS) is 12.9.